The fraction of sp³-hybridized carbons (Fsp3) is 0.667. The molecule has 0 fully saturated rings. The highest BCUT2D eigenvalue weighted by Crippen LogP contribution is 1.89. The summed E-state index contributed by atoms with van der Waals surface area (Å²) in [6.45, 7) is 1.99. The molecule has 0 aliphatic carbocycles. The lowest BCUT2D eigenvalue weighted by atomic mass is 10.2. The Morgan fingerprint density at radius 1 is 1.90 bits per heavy atom. The second-order valence-electron chi connectivity index (χ2n) is 1.72. The molecule has 10 heavy (non-hydrogen) atoms. The van der Waals surface area contributed by atoms with Gasteiger partial charge in [0.1, 0.15) is 6.04 Å². The summed E-state index contributed by atoms with van der Waals surface area (Å²) in [5.74, 6) is -0.510. The molecule has 0 aromatic rings. The van der Waals surface area contributed by atoms with Crippen LogP contribution >= 0.6 is 0 Å². The van der Waals surface area contributed by atoms with Crippen molar-refractivity contribution < 1.29 is 9.53 Å². The molecule has 0 amide bonds. The Kier molecular flexibility index (Phi) is 4.25. The molecule has 0 spiro atoms. The van der Waals surface area contributed by atoms with Crippen LogP contribution in [0, 0.1) is 11.3 Å². The standard InChI is InChI=1S/C6H10N2O2/c1-2-10-6(9)5(8)3-4-7/h5H,2-3,8H2,1H3/t5-/m0/s1. The van der Waals surface area contributed by atoms with Gasteiger partial charge >= 0.3 is 5.97 Å². The number of ether oxygens (including phenoxy) is 1. The summed E-state index contributed by atoms with van der Waals surface area (Å²) in [5, 5.41) is 8.12. The highest BCUT2D eigenvalue weighted by atomic mass is 16.5. The van der Waals surface area contributed by atoms with E-state index in [4.69, 9.17) is 11.0 Å². The van der Waals surface area contributed by atoms with E-state index < -0.39 is 12.0 Å². The van der Waals surface area contributed by atoms with Crippen molar-refractivity contribution in [1.29, 1.82) is 5.26 Å². The number of rotatable bonds is 3. The maximum absolute atomic E-state index is 10.6. The molecule has 0 radical (unpaired) electrons. The van der Waals surface area contributed by atoms with Crippen LogP contribution in [0.15, 0.2) is 0 Å². The number of hydrogen-bond donors (Lipinski definition) is 1. The predicted octanol–water partition coefficient (Wildman–Crippen LogP) is -0.210. The van der Waals surface area contributed by atoms with Crippen LogP contribution in [0.4, 0.5) is 0 Å². The zero-order valence-corrected chi connectivity index (χ0v) is 5.83. The van der Waals surface area contributed by atoms with Gasteiger partial charge in [0.25, 0.3) is 0 Å². The molecule has 4 heteroatoms. The maximum Gasteiger partial charge on any atom is 0.323 e. The van der Waals surface area contributed by atoms with Crippen LogP contribution in [0.1, 0.15) is 13.3 Å². The molecule has 0 aliphatic heterocycles. The van der Waals surface area contributed by atoms with Crippen LogP contribution in [0.25, 0.3) is 0 Å². The minimum atomic E-state index is -0.787. The molecular weight excluding hydrogens is 132 g/mol. The molecule has 0 saturated carbocycles. The van der Waals surface area contributed by atoms with E-state index in [0.717, 1.165) is 0 Å². The summed E-state index contributed by atoms with van der Waals surface area (Å²) < 4.78 is 4.54. The average Bonchev–Trinajstić information content (AvgIpc) is 1.89. The van der Waals surface area contributed by atoms with Gasteiger partial charge in [-0.1, -0.05) is 0 Å². The first-order valence-electron chi connectivity index (χ1n) is 3.01. The zero-order valence-electron chi connectivity index (χ0n) is 5.83. The monoisotopic (exact) mass is 142 g/mol. The lowest BCUT2D eigenvalue weighted by Crippen LogP contribution is -2.31. The Bertz CT molecular complexity index is 150. The van der Waals surface area contributed by atoms with Crippen molar-refractivity contribution >= 4 is 5.97 Å². The maximum atomic E-state index is 10.6. The van der Waals surface area contributed by atoms with Gasteiger partial charge in [-0.3, -0.25) is 4.79 Å². The normalized spacial score (nSPS) is 11.7. The Balaban J connectivity index is 3.62. The lowest BCUT2D eigenvalue weighted by Gasteiger charge is -2.04. The van der Waals surface area contributed by atoms with E-state index in [1.165, 1.54) is 0 Å². The van der Waals surface area contributed by atoms with E-state index in [2.05, 4.69) is 4.74 Å². The van der Waals surface area contributed by atoms with E-state index in [1.807, 2.05) is 0 Å². The van der Waals surface area contributed by atoms with Crippen molar-refractivity contribution in [1.82, 2.24) is 0 Å². The molecule has 0 heterocycles. The third-order valence-electron chi connectivity index (χ3n) is 0.901. The molecule has 0 aliphatic rings. The van der Waals surface area contributed by atoms with Crippen LogP contribution < -0.4 is 5.73 Å². The quantitative estimate of drug-likeness (QED) is 0.553. The number of carbonyl (C=O) groups excluding carboxylic acids is 1. The fourth-order valence-electron chi connectivity index (χ4n) is 0.431. The Labute approximate surface area is 59.6 Å². The molecular formula is C6H10N2O2. The van der Waals surface area contributed by atoms with Crippen molar-refractivity contribution in [2.75, 3.05) is 6.61 Å². The van der Waals surface area contributed by atoms with Gasteiger partial charge in [0.2, 0.25) is 0 Å². The van der Waals surface area contributed by atoms with Crippen molar-refractivity contribution in [3.63, 3.8) is 0 Å². The summed E-state index contributed by atoms with van der Waals surface area (Å²) in [5.41, 5.74) is 5.22. The van der Waals surface area contributed by atoms with E-state index in [0.29, 0.717) is 6.61 Å². The lowest BCUT2D eigenvalue weighted by molar-refractivity contribution is -0.144. The number of nitrogens with zero attached hydrogens (tertiary/aromatic N) is 1. The van der Waals surface area contributed by atoms with Crippen LogP contribution in [-0.4, -0.2) is 18.6 Å². The second-order valence-corrected chi connectivity index (χ2v) is 1.72. The Hall–Kier alpha value is -1.08. The van der Waals surface area contributed by atoms with Gasteiger partial charge in [0, 0.05) is 0 Å². The predicted molar refractivity (Wildman–Crippen MR) is 34.8 cm³/mol. The van der Waals surface area contributed by atoms with E-state index in [9.17, 15) is 4.79 Å². The fourth-order valence-corrected chi connectivity index (χ4v) is 0.431. The number of nitriles is 1. The van der Waals surface area contributed by atoms with Crippen LogP contribution in [0.2, 0.25) is 0 Å². The van der Waals surface area contributed by atoms with Gasteiger partial charge < -0.3 is 10.5 Å². The largest absolute Gasteiger partial charge is 0.465 e. The number of nitrogens with two attached hydrogens (primary N) is 1. The topological polar surface area (TPSA) is 76.1 Å². The van der Waals surface area contributed by atoms with Crippen molar-refractivity contribution in [2.45, 2.75) is 19.4 Å². The molecule has 0 bridgehead atoms. The Morgan fingerprint density at radius 3 is 2.90 bits per heavy atom. The van der Waals surface area contributed by atoms with Gasteiger partial charge in [-0.2, -0.15) is 5.26 Å². The number of hydrogen-bond acceptors (Lipinski definition) is 4. The Morgan fingerprint density at radius 2 is 2.50 bits per heavy atom. The summed E-state index contributed by atoms with van der Waals surface area (Å²) in [6.07, 6.45) is 0.0127. The highest BCUT2D eigenvalue weighted by Gasteiger charge is 2.12. The third kappa shape index (κ3) is 3.05. The summed E-state index contributed by atoms with van der Waals surface area (Å²) in [7, 11) is 0. The van der Waals surface area contributed by atoms with Gasteiger partial charge in [-0.05, 0) is 6.92 Å². The molecule has 1 atom stereocenters. The molecule has 0 rings (SSSR count). The van der Waals surface area contributed by atoms with Gasteiger partial charge in [0.05, 0.1) is 19.1 Å². The first-order valence-corrected chi connectivity index (χ1v) is 3.01. The summed E-state index contributed by atoms with van der Waals surface area (Å²) in [4.78, 5) is 10.6. The number of carbonyl (C=O) groups is 1. The summed E-state index contributed by atoms with van der Waals surface area (Å²) >= 11 is 0. The minimum absolute atomic E-state index is 0.0127. The molecule has 2 N–H and O–H groups in total. The van der Waals surface area contributed by atoms with Crippen LogP contribution in [0.5, 0.6) is 0 Å². The molecule has 56 valence electrons. The van der Waals surface area contributed by atoms with Crippen molar-refractivity contribution in [3.05, 3.63) is 0 Å². The first kappa shape index (κ1) is 8.92. The molecule has 0 unspecified atom stereocenters. The highest BCUT2D eigenvalue weighted by molar-refractivity contribution is 5.75. The molecule has 4 nitrogen and oxygen atoms in total. The molecule has 0 saturated heterocycles. The number of esters is 1. The molecule has 0 aromatic heterocycles. The second kappa shape index (κ2) is 4.77. The SMILES string of the molecule is CCOC(=O)[C@@H](N)CC#N. The van der Waals surface area contributed by atoms with Gasteiger partial charge in [0.15, 0.2) is 0 Å². The van der Waals surface area contributed by atoms with E-state index >= 15 is 0 Å². The van der Waals surface area contributed by atoms with Gasteiger partial charge in [-0.25, -0.2) is 0 Å². The van der Waals surface area contributed by atoms with Crippen LogP contribution in [-0.2, 0) is 9.53 Å². The smallest absolute Gasteiger partial charge is 0.323 e. The zero-order chi connectivity index (χ0) is 7.98. The third-order valence-corrected chi connectivity index (χ3v) is 0.901. The average molecular weight is 142 g/mol. The van der Waals surface area contributed by atoms with Crippen molar-refractivity contribution in [3.8, 4) is 6.07 Å². The van der Waals surface area contributed by atoms with E-state index in [1.54, 1.807) is 13.0 Å². The van der Waals surface area contributed by atoms with Gasteiger partial charge in [-0.15, -0.1) is 0 Å². The van der Waals surface area contributed by atoms with Crippen molar-refractivity contribution in [2.24, 2.45) is 5.73 Å². The van der Waals surface area contributed by atoms with Crippen LogP contribution in [0.3, 0.4) is 0 Å². The van der Waals surface area contributed by atoms with E-state index in [-0.39, 0.29) is 6.42 Å². The summed E-state index contributed by atoms with van der Waals surface area (Å²) in [6, 6.07) is 0.994. The first-order chi connectivity index (χ1) is 4.72. The minimum Gasteiger partial charge on any atom is -0.465 e. The molecule has 0 aromatic carbocycles.